The Morgan fingerprint density at radius 3 is 2.80 bits per heavy atom. The van der Waals surface area contributed by atoms with Gasteiger partial charge in [-0.3, -0.25) is 4.79 Å². The van der Waals surface area contributed by atoms with Crippen LogP contribution < -0.4 is 0 Å². The summed E-state index contributed by atoms with van der Waals surface area (Å²) in [6, 6.07) is 4.52. The normalized spacial score (nSPS) is 18.0. The molecule has 1 aliphatic rings. The van der Waals surface area contributed by atoms with Crippen LogP contribution in [-0.2, 0) is 14.8 Å². The van der Waals surface area contributed by atoms with Crippen LogP contribution >= 0.6 is 0 Å². The van der Waals surface area contributed by atoms with Crippen molar-refractivity contribution in [1.29, 1.82) is 5.26 Å². The average Bonchev–Trinajstić information content (AvgIpc) is 2.36. The third-order valence-electron chi connectivity index (χ3n) is 3.47. The first kappa shape index (κ1) is 14.4. The van der Waals surface area contributed by atoms with E-state index in [0.29, 0.717) is 0 Å². The molecule has 0 saturated carbocycles. The molecule has 1 aromatic rings. The first-order valence-electron chi connectivity index (χ1n) is 5.96. The highest BCUT2D eigenvalue weighted by Crippen LogP contribution is 2.30. The molecule has 1 aliphatic heterocycles. The van der Waals surface area contributed by atoms with Gasteiger partial charge >= 0.3 is 5.97 Å². The summed E-state index contributed by atoms with van der Waals surface area (Å²) in [5.74, 6) is -1.73. The molecule has 1 aromatic heterocycles. The maximum absolute atomic E-state index is 12.3. The van der Waals surface area contributed by atoms with Crippen LogP contribution in [0, 0.1) is 23.2 Å². The first-order chi connectivity index (χ1) is 9.37. The number of nitrogens with zero attached hydrogens (tertiary/aromatic N) is 3. The van der Waals surface area contributed by atoms with Gasteiger partial charge in [-0.2, -0.15) is 9.57 Å². The SMILES string of the molecule is CC(C(=O)O)C1CN(S(=O)(=O)c2cccnc2C#N)C1. The van der Waals surface area contributed by atoms with Crippen LogP contribution in [0.3, 0.4) is 0 Å². The second-order valence-electron chi connectivity index (χ2n) is 4.67. The molecule has 0 aliphatic carbocycles. The van der Waals surface area contributed by atoms with Crippen molar-refractivity contribution in [3.63, 3.8) is 0 Å². The lowest BCUT2D eigenvalue weighted by Gasteiger charge is -2.39. The molecule has 20 heavy (non-hydrogen) atoms. The van der Waals surface area contributed by atoms with Gasteiger partial charge < -0.3 is 5.11 Å². The quantitative estimate of drug-likeness (QED) is 0.854. The molecule has 1 atom stereocenters. The number of pyridine rings is 1. The summed E-state index contributed by atoms with van der Waals surface area (Å²) in [6.45, 7) is 1.85. The lowest BCUT2D eigenvalue weighted by molar-refractivity contribution is -0.144. The van der Waals surface area contributed by atoms with Crippen molar-refractivity contribution in [1.82, 2.24) is 9.29 Å². The van der Waals surface area contributed by atoms with E-state index in [-0.39, 0.29) is 29.6 Å². The summed E-state index contributed by atoms with van der Waals surface area (Å²) in [4.78, 5) is 14.4. The van der Waals surface area contributed by atoms with Crippen molar-refractivity contribution in [2.24, 2.45) is 11.8 Å². The molecule has 7 nitrogen and oxygen atoms in total. The molecule has 0 bridgehead atoms. The second-order valence-corrected chi connectivity index (χ2v) is 6.58. The highest BCUT2D eigenvalue weighted by atomic mass is 32.2. The zero-order valence-electron chi connectivity index (χ0n) is 10.7. The summed E-state index contributed by atoms with van der Waals surface area (Å²) >= 11 is 0. The zero-order chi connectivity index (χ0) is 14.9. The van der Waals surface area contributed by atoms with E-state index in [1.165, 1.54) is 22.6 Å². The minimum atomic E-state index is -3.78. The van der Waals surface area contributed by atoms with Gasteiger partial charge in [0.2, 0.25) is 10.0 Å². The zero-order valence-corrected chi connectivity index (χ0v) is 11.5. The Bertz CT molecular complexity index is 674. The number of rotatable bonds is 4. The van der Waals surface area contributed by atoms with Crippen LogP contribution in [-0.4, -0.2) is 41.9 Å². The van der Waals surface area contributed by atoms with Crippen LogP contribution in [0.2, 0.25) is 0 Å². The van der Waals surface area contributed by atoms with Gasteiger partial charge in [-0.1, -0.05) is 6.92 Å². The fourth-order valence-electron chi connectivity index (χ4n) is 2.01. The van der Waals surface area contributed by atoms with Gasteiger partial charge in [-0.05, 0) is 18.1 Å². The van der Waals surface area contributed by atoms with Crippen LogP contribution in [0.1, 0.15) is 12.6 Å². The van der Waals surface area contributed by atoms with Gasteiger partial charge in [0.05, 0.1) is 5.92 Å². The Hall–Kier alpha value is -1.98. The van der Waals surface area contributed by atoms with E-state index in [4.69, 9.17) is 10.4 Å². The Balaban J connectivity index is 2.19. The van der Waals surface area contributed by atoms with Crippen LogP contribution in [0.25, 0.3) is 0 Å². The maximum atomic E-state index is 12.3. The summed E-state index contributed by atoms with van der Waals surface area (Å²) in [6.07, 6.45) is 1.35. The third kappa shape index (κ3) is 2.37. The number of aromatic nitrogens is 1. The Kier molecular flexibility index (Phi) is 3.74. The Morgan fingerprint density at radius 1 is 1.60 bits per heavy atom. The minimum Gasteiger partial charge on any atom is -0.481 e. The van der Waals surface area contributed by atoms with Gasteiger partial charge in [0.1, 0.15) is 11.0 Å². The molecule has 1 unspecified atom stereocenters. The van der Waals surface area contributed by atoms with Crippen molar-refractivity contribution >= 4 is 16.0 Å². The number of carboxylic acid groups (broad SMARTS) is 1. The summed E-state index contributed by atoms with van der Waals surface area (Å²) < 4.78 is 25.8. The number of hydrogen-bond donors (Lipinski definition) is 1. The molecule has 1 N–H and O–H groups in total. The van der Waals surface area contributed by atoms with E-state index >= 15 is 0 Å². The monoisotopic (exact) mass is 295 g/mol. The predicted octanol–water partition coefficient (Wildman–Crippen LogP) is 0.294. The van der Waals surface area contributed by atoms with Crippen LogP contribution in [0.5, 0.6) is 0 Å². The van der Waals surface area contributed by atoms with E-state index in [1.54, 1.807) is 13.0 Å². The average molecular weight is 295 g/mol. The van der Waals surface area contributed by atoms with Crippen LogP contribution in [0.4, 0.5) is 0 Å². The smallest absolute Gasteiger partial charge is 0.306 e. The van der Waals surface area contributed by atoms with Gasteiger partial charge in [-0.15, -0.1) is 0 Å². The number of carboxylic acids is 1. The summed E-state index contributed by atoms with van der Waals surface area (Å²) in [7, 11) is -3.78. The molecular weight excluding hydrogens is 282 g/mol. The van der Waals surface area contributed by atoms with Crippen molar-refractivity contribution < 1.29 is 18.3 Å². The lowest BCUT2D eigenvalue weighted by atomic mass is 9.89. The first-order valence-corrected chi connectivity index (χ1v) is 7.40. The molecule has 1 fully saturated rings. The molecule has 1 saturated heterocycles. The molecule has 0 aromatic carbocycles. The number of sulfonamides is 1. The molecular formula is C12H13N3O4S. The highest BCUT2D eigenvalue weighted by molar-refractivity contribution is 7.89. The van der Waals surface area contributed by atoms with E-state index in [1.807, 2.05) is 0 Å². The molecule has 2 rings (SSSR count). The maximum Gasteiger partial charge on any atom is 0.306 e. The largest absolute Gasteiger partial charge is 0.481 e. The van der Waals surface area contributed by atoms with Gasteiger partial charge in [-0.25, -0.2) is 13.4 Å². The topological polar surface area (TPSA) is 111 Å². The molecule has 2 heterocycles. The minimum absolute atomic E-state index is 0.135. The second kappa shape index (κ2) is 5.19. The fraction of sp³-hybridized carbons (Fsp3) is 0.417. The lowest BCUT2D eigenvalue weighted by Crippen LogP contribution is -2.53. The molecule has 0 radical (unpaired) electrons. The molecule has 0 spiro atoms. The van der Waals surface area contributed by atoms with E-state index in [0.717, 1.165) is 0 Å². The summed E-state index contributed by atoms with van der Waals surface area (Å²) in [5, 5.41) is 17.8. The molecule has 0 amide bonds. The van der Waals surface area contributed by atoms with Crippen molar-refractivity contribution in [3.05, 3.63) is 24.0 Å². The van der Waals surface area contributed by atoms with E-state index in [2.05, 4.69) is 4.98 Å². The number of carbonyl (C=O) groups is 1. The van der Waals surface area contributed by atoms with Gasteiger partial charge in [0.25, 0.3) is 0 Å². The predicted molar refractivity (Wildman–Crippen MR) is 68.0 cm³/mol. The summed E-state index contributed by atoms with van der Waals surface area (Å²) in [5.41, 5.74) is -0.151. The third-order valence-corrected chi connectivity index (χ3v) is 5.33. The number of aliphatic carboxylic acids is 1. The highest BCUT2D eigenvalue weighted by Gasteiger charge is 2.42. The van der Waals surface area contributed by atoms with Gasteiger partial charge in [0.15, 0.2) is 5.69 Å². The molecule has 106 valence electrons. The fourth-order valence-corrected chi connectivity index (χ4v) is 3.65. The van der Waals surface area contributed by atoms with Crippen molar-refractivity contribution in [2.45, 2.75) is 11.8 Å². The Morgan fingerprint density at radius 2 is 2.25 bits per heavy atom. The van der Waals surface area contributed by atoms with Crippen molar-refractivity contribution in [3.8, 4) is 6.07 Å². The number of hydrogen-bond acceptors (Lipinski definition) is 5. The van der Waals surface area contributed by atoms with E-state index < -0.39 is 21.9 Å². The van der Waals surface area contributed by atoms with E-state index in [9.17, 15) is 13.2 Å². The Labute approximate surface area is 116 Å². The van der Waals surface area contributed by atoms with Crippen molar-refractivity contribution in [2.75, 3.05) is 13.1 Å². The van der Waals surface area contributed by atoms with Gasteiger partial charge in [0, 0.05) is 19.3 Å². The molecule has 8 heteroatoms. The van der Waals surface area contributed by atoms with Crippen LogP contribution in [0.15, 0.2) is 23.2 Å². The standard InChI is InChI=1S/C12H13N3O4S/c1-8(12(16)17)9-6-15(7-9)20(18,19)11-3-2-4-14-10(11)5-13/h2-4,8-9H,6-7H2,1H3,(H,16,17). The number of nitriles is 1.